The standard InChI is InChI=1S/C14H17N3/c1-9-6-11(14(17)8-13(9)16)7-10-4-2-3-5-12(10)15/h2-6,8H,7,15-17H2,1H3. The quantitative estimate of drug-likeness (QED) is 0.689. The Bertz CT molecular complexity index is 547. The highest BCUT2D eigenvalue weighted by molar-refractivity contribution is 5.62. The summed E-state index contributed by atoms with van der Waals surface area (Å²) in [5, 5.41) is 0. The number of anilines is 3. The lowest BCUT2D eigenvalue weighted by molar-refractivity contribution is 1.19. The van der Waals surface area contributed by atoms with Crippen molar-refractivity contribution in [2.75, 3.05) is 17.2 Å². The maximum absolute atomic E-state index is 5.97. The second kappa shape index (κ2) is 4.37. The van der Waals surface area contributed by atoms with E-state index in [0.29, 0.717) is 0 Å². The average molecular weight is 227 g/mol. The molecule has 17 heavy (non-hydrogen) atoms. The third-order valence-electron chi connectivity index (χ3n) is 2.96. The average Bonchev–Trinajstić information content (AvgIpc) is 2.29. The van der Waals surface area contributed by atoms with E-state index in [9.17, 15) is 0 Å². The van der Waals surface area contributed by atoms with Gasteiger partial charge in [-0.05, 0) is 35.7 Å². The number of nitrogen functional groups attached to an aromatic ring is 3. The maximum atomic E-state index is 5.97. The van der Waals surface area contributed by atoms with Gasteiger partial charge in [-0.2, -0.15) is 0 Å². The van der Waals surface area contributed by atoms with Crippen molar-refractivity contribution in [1.82, 2.24) is 0 Å². The van der Waals surface area contributed by atoms with Gasteiger partial charge in [-0.15, -0.1) is 0 Å². The molecule has 0 unspecified atom stereocenters. The molecule has 0 aromatic heterocycles. The topological polar surface area (TPSA) is 78.1 Å². The predicted molar refractivity (Wildman–Crippen MR) is 73.7 cm³/mol. The second-order valence-electron chi connectivity index (χ2n) is 4.28. The number of benzene rings is 2. The third-order valence-corrected chi connectivity index (χ3v) is 2.96. The van der Waals surface area contributed by atoms with Crippen molar-refractivity contribution in [3.05, 3.63) is 53.1 Å². The van der Waals surface area contributed by atoms with Crippen LogP contribution in [0.25, 0.3) is 0 Å². The summed E-state index contributed by atoms with van der Waals surface area (Å²) in [7, 11) is 0. The molecule has 0 bridgehead atoms. The fraction of sp³-hybridized carbons (Fsp3) is 0.143. The van der Waals surface area contributed by atoms with Crippen LogP contribution in [-0.4, -0.2) is 0 Å². The van der Waals surface area contributed by atoms with Crippen LogP contribution in [0.2, 0.25) is 0 Å². The van der Waals surface area contributed by atoms with E-state index in [4.69, 9.17) is 17.2 Å². The summed E-state index contributed by atoms with van der Waals surface area (Å²) in [6, 6.07) is 11.7. The van der Waals surface area contributed by atoms with Crippen molar-refractivity contribution in [1.29, 1.82) is 0 Å². The Labute approximate surface area is 101 Å². The Morgan fingerprint density at radius 2 is 1.53 bits per heavy atom. The fourth-order valence-electron chi connectivity index (χ4n) is 1.86. The minimum atomic E-state index is 0.719. The van der Waals surface area contributed by atoms with Crippen LogP contribution in [0.3, 0.4) is 0 Å². The molecule has 0 aliphatic carbocycles. The molecule has 3 nitrogen and oxygen atoms in total. The van der Waals surface area contributed by atoms with Gasteiger partial charge in [0.25, 0.3) is 0 Å². The van der Waals surface area contributed by atoms with E-state index < -0.39 is 0 Å². The van der Waals surface area contributed by atoms with Crippen molar-refractivity contribution in [3.8, 4) is 0 Å². The van der Waals surface area contributed by atoms with Crippen molar-refractivity contribution in [3.63, 3.8) is 0 Å². The molecule has 0 spiro atoms. The molecule has 88 valence electrons. The van der Waals surface area contributed by atoms with E-state index in [0.717, 1.165) is 40.2 Å². The lowest BCUT2D eigenvalue weighted by Gasteiger charge is -2.11. The van der Waals surface area contributed by atoms with E-state index in [1.807, 2.05) is 43.3 Å². The van der Waals surface area contributed by atoms with Crippen LogP contribution in [0.1, 0.15) is 16.7 Å². The highest BCUT2D eigenvalue weighted by Crippen LogP contribution is 2.24. The van der Waals surface area contributed by atoms with Crippen LogP contribution in [0.5, 0.6) is 0 Å². The van der Waals surface area contributed by atoms with Gasteiger partial charge in [0.2, 0.25) is 0 Å². The molecule has 0 heterocycles. The molecular formula is C14H17N3. The summed E-state index contributed by atoms with van der Waals surface area (Å²) < 4.78 is 0. The van der Waals surface area contributed by atoms with Crippen LogP contribution in [0, 0.1) is 6.92 Å². The Hall–Kier alpha value is -2.16. The molecule has 2 rings (SSSR count). The molecule has 2 aromatic rings. The summed E-state index contributed by atoms with van der Waals surface area (Å²) in [6.45, 7) is 1.98. The zero-order valence-corrected chi connectivity index (χ0v) is 9.90. The monoisotopic (exact) mass is 227 g/mol. The number of hydrogen-bond donors (Lipinski definition) is 3. The summed E-state index contributed by atoms with van der Waals surface area (Å²) in [6.07, 6.45) is 0.736. The maximum Gasteiger partial charge on any atom is 0.0370 e. The molecule has 0 aliphatic rings. The molecule has 0 saturated heterocycles. The number of rotatable bonds is 2. The van der Waals surface area contributed by atoms with Gasteiger partial charge >= 0.3 is 0 Å². The van der Waals surface area contributed by atoms with Crippen LogP contribution < -0.4 is 17.2 Å². The lowest BCUT2D eigenvalue weighted by atomic mass is 9.99. The first-order chi connectivity index (χ1) is 8.08. The minimum Gasteiger partial charge on any atom is -0.398 e. The summed E-state index contributed by atoms with van der Waals surface area (Å²) >= 11 is 0. The van der Waals surface area contributed by atoms with Gasteiger partial charge in [-0.1, -0.05) is 24.3 Å². The fourth-order valence-corrected chi connectivity index (χ4v) is 1.86. The molecule has 0 radical (unpaired) electrons. The molecule has 0 aliphatic heterocycles. The van der Waals surface area contributed by atoms with Gasteiger partial charge in [0.15, 0.2) is 0 Å². The molecule has 2 aromatic carbocycles. The highest BCUT2D eigenvalue weighted by atomic mass is 14.6. The number of hydrogen-bond acceptors (Lipinski definition) is 3. The molecule has 3 heteroatoms. The number of nitrogens with two attached hydrogens (primary N) is 3. The first-order valence-corrected chi connectivity index (χ1v) is 5.56. The number of aryl methyl sites for hydroxylation is 1. The smallest absolute Gasteiger partial charge is 0.0370 e. The van der Waals surface area contributed by atoms with Gasteiger partial charge in [-0.3, -0.25) is 0 Å². The van der Waals surface area contributed by atoms with E-state index in [1.54, 1.807) is 0 Å². The van der Waals surface area contributed by atoms with Crippen LogP contribution in [0.4, 0.5) is 17.1 Å². The summed E-state index contributed by atoms with van der Waals surface area (Å²) in [5.74, 6) is 0. The molecule has 0 amide bonds. The van der Waals surface area contributed by atoms with E-state index in [2.05, 4.69) is 0 Å². The summed E-state index contributed by atoms with van der Waals surface area (Å²) in [4.78, 5) is 0. The Balaban J connectivity index is 2.37. The molecule has 0 fully saturated rings. The normalized spacial score (nSPS) is 10.4. The molecule has 6 N–H and O–H groups in total. The summed E-state index contributed by atoms with van der Waals surface area (Å²) in [5.41, 5.74) is 23.1. The molecule has 0 saturated carbocycles. The largest absolute Gasteiger partial charge is 0.398 e. The Morgan fingerprint density at radius 1 is 0.824 bits per heavy atom. The number of para-hydroxylation sites is 1. The predicted octanol–water partition coefficient (Wildman–Crippen LogP) is 2.33. The van der Waals surface area contributed by atoms with E-state index in [-0.39, 0.29) is 0 Å². The van der Waals surface area contributed by atoms with E-state index in [1.165, 1.54) is 0 Å². The Kier molecular flexibility index (Phi) is 2.91. The van der Waals surface area contributed by atoms with Crippen LogP contribution >= 0.6 is 0 Å². The lowest BCUT2D eigenvalue weighted by Crippen LogP contribution is -2.01. The van der Waals surface area contributed by atoms with Crippen molar-refractivity contribution in [2.45, 2.75) is 13.3 Å². The van der Waals surface area contributed by atoms with Crippen molar-refractivity contribution in [2.24, 2.45) is 0 Å². The van der Waals surface area contributed by atoms with Crippen molar-refractivity contribution >= 4 is 17.1 Å². The van der Waals surface area contributed by atoms with Crippen molar-refractivity contribution < 1.29 is 0 Å². The van der Waals surface area contributed by atoms with Gasteiger partial charge in [-0.25, -0.2) is 0 Å². The Morgan fingerprint density at radius 3 is 2.24 bits per heavy atom. The van der Waals surface area contributed by atoms with Gasteiger partial charge < -0.3 is 17.2 Å². The zero-order valence-electron chi connectivity index (χ0n) is 9.90. The second-order valence-corrected chi connectivity index (χ2v) is 4.28. The van der Waals surface area contributed by atoms with Gasteiger partial charge in [0.1, 0.15) is 0 Å². The molecule has 0 atom stereocenters. The first-order valence-electron chi connectivity index (χ1n) is 5.56. The van der Waals surface area contributed by atoms with Crippen LogP contribution in [-0.2, 0) is 6.42 Å². The highest BCUT2D eigenvalue weighted by Gasteiger charge is 2.06. The molecular weight excluding hydrogens is 210 g/mol. The first kappa shape index (κ1) is 11.3. The van der Waals surface area contributed by atoms with Gasteiger partial charge in [0, 0.05) is 23.5 Å². The zero-order chi connectivity index (χ0) is 12.4. The van der Waals surface area contributed by atoms with E-state index >= 15 is 0 Å². The third kappa shape index (κ3) is 2.33. The van der Waals surface area contributed by atoms with Gasteiger partial charge in [0.05, 0.1) is 0 Å². The minimum absolute atomic E-state index is 0.719. The van der Waals surface area contributed by atoms with Crippen LogP contribution in [0.15, 0.2) is 36.4 Å². The SMILES string of the molecule is Cc1cc(Cc2ccccc2N)c(N)cc1N.